The average molecular weight is 357 g/mol. The smallest absolute Gasteiger partial charge is 0.287 e. The van der Waals surface area contributed by atoms with Gasteiger partial charge in [0.1, 0.15) is 0 Å². The van der Waals surface area contributed by atoms with Crippen molar-refractivity contribution in [1.29, 1.82) is 0 Å². The number of benzene rings is 1. The lowest BCUT2D eigenvalue weighted by atomic mass is 9.90. The monoisotopic (exact) mass is 356 g/mol. The molecule has 0 saturated carbocycles. The van der Waals surface area contributed by atoms with Crippen LogP contribution in [0, 0.1) is 25.2 Å². The van der Waals surface area contributed by atoms with E-state index in [1.807, 2.05) is 6.92 Å². The normalized spacial score (nSPS) is 12.7. The van der Waals surface area contributed by atoms with Crippen molar-refractivity contribution in [2.24, 2.45) is 5.92 Å². The van der Waals surface area contributed by atoms with Gasteiger partial charge in [0.15, 0.2) is 0 Å². The maximum absolute atomic E-state index is 14.3. The summed E-state index contributed by atoms with van der Waals surface area (Å²) in [6.45, 7) is 1.83. The Hall–Kier alpha value is -1.21. The van der Waals surface area contributed by atoms with Crippen molar-refractivity contribution in [3.8, 4) is 12.3 Å². The van der Waals surface area contributed by atoms with Gasteiger partial charge < -0.3 is 0 Å². The molecule has 0 fully saturated rings. The number of carbonyl (C=O) groups is 1. The van der Waals surface area contributed by atoms with Crippen LogP contribution in [0.5, 0.6) is 0 Å². The van der Waals surface area contributed by atoms with E-state index in [1.54, 1.807) is 12.1 Å². The lowest BCUT2D eigenvalue weighted by Crippen LogP contribution is -2.36. The minimum Gasteiger partial charge on any atom is -0.287 e. The largest absolute Gasteiger partial charge is 0.323 e. The van der Waals surface area contributed by atoms with Gasteiger partial charge in [-0.3, -0.25) is 4.79 Å². The van der Waals surface area contributed by atoms with Crippen molar-refractivity contribution in [3.63, 3.8) is 0 Å². The van der Waals surface area contributed by atoms with Crippen LogP contribution in [0.25, 0.3) is 0 Å². The molecule has 0 aliphatic carbocycles. The summed E-state index contributed by atoms with van der Waals surface area (Å²) in [7, 11) is 0. The van der Waals surface area contributed by atoms with Crippen LogP contribution in [0.3, 0.4) is 0 Å². The van der Waals surface area contributed by atoms with Crippen molar-refractivity contribution in [2.45, 2.75) is 38.5 Å². The molecule has 0 heterocycles. The summed E-state index contributed by atoms with van der Waals surface area (Å²) in [5.74, 6) is -3.95. The van der Waals surface area contributed by atoms with Gasteiger partial charge in [-0.25, -0.2) is 0 Å². The highest BCUT2D eigenvalue weighted by atomic mass is 79.9. The van der Waals surface area contributed by atoms with Crippen molar-refractivity contribution in [1.82, 2.24) is 0 Å². The van der Waals surface area contributed by atoms with Gasteiger partial charge in [-0.05, 0) is 19.8 Å². The molecule has 1 atom stereocenters. The SMILES string of the molecule is C#CC(CCCCCBr)C(F)(F)C(=O)c1ccc(C)cc1. The first-order chi connectivity index (χ1) is 9.93. The second kappa shape index (κ2) is 8.29. The quantitative estimate of drug-likeness (QED) is 0.276. The molecule has 1 rings (SSSR count). The van der Waals surface area contributed by atoms with Crippen LogP contribution < -0.4 is 0 Å². The van der Waals surface area contributed by atoms with E-state index < -0.39 is 17.6 Å². The molecule has 114 valence electrons. The molecule has 1 aromatic carbocycles. The zero-order valence-corrected chi connectivity index (χ0v) is 13.6. The predicted octanol–water partition coefficient (Wildman–Crippen LogP) is 5.02. The summed E-state index contributed by atoms with van der Waals surface area (Å²) >= 11 is 3.29. The van der Waals surface area contributed by atoms with E-state index in [2.05, 4.69) is 21.9 Å². The third-order valence-corrected chi connectivity index (χ3v) is 3.94. The number of unbranched alkanes of at least 4 members (excludes halogenated alkanes) is 2. The van der Waals surface area contributed by atoms with Crippen LogP contribution in [0.15, 0.2) is 24.3 Å². The first-order valence-electron chi connectivity index (χ1n) is 6.94. The number of hydrogen-bond donors (Lipinski definition) is 0. The number of ketones is 1. The van der Waals surface area contributed by atoms with E-state index in [-0.39, 0.29) is 12.0 Å². The lowest BCUT2D eigenvalue weighted by Gasteiger charge is -2.21. The van der Waals surface area contributed by atoms with E-state index in [0.717, 1.165) is 23.7 Å². The van der Waals surface area contributed by atoms with Crippen molar-refractivity contribution >= 4 is 21.7 Å². The van der Waals surface area contributed by atoms with Gasteiger partial charge in [0.05, 0.1) is 5.92 Å². The zero-order valence-electron chi connectivity index (χ0n) is 12.0. The molecule has 0 N–H and O–H groups in total. The standard InChI is InChI=1S/C17H19BrF2O/c1-3-15(7-5-4-6-12-18)17(19,20)16(21)14-10-8-13(2)9-11-14/h1,8-11,15H,4-7,12H2,2H3. The summed E-state index contributed by atoms with van der Waals surface area (Å²) in [6, 6.07) is 6.13. The van der Waals surface area contributed by atoms with Crippen molar-refractivity contribution in [2.75, 3.05) is 5.33 Å². The Morgan fingerprint density at radius 2 is 1.90 bits per heavy atom. The summed E-state index contributed by atoms with van der Waals surface area (Å²) in [5.41, 5.74) is 0.921. The molecule has 1 unspecified atom stereocenters. The van der Waals surface area contributed by atoms with Crippen molar-refractivity contribution in [3.05, 3.63) is 35.4 Å². The maximum atomic E-state index is 14.3. The van der Waals surface area contributed by atoms with Gasteiger partial charge in [0.2, 0.25) is 5.78 Å². The number of rotatable bonds is 8. The molecule has 21 heavy (non-hydrogen) atoms. The number of halogens is 3. The molecule has 4 heteroatoms. The molecule has 0 aliphatic heterocycles. The minimum absolute atomic E-state index is 0.00584. The van der Waals surface area contributed by atoms with Gasteiger partial charge >= 0.3 is 5.92 Å². The van der Waals surface area contributed by atoms with Gasteiger partial charge in [-0.1, -0.05) is 64.5 Å². The van der Waals surface area contributed by atoms with Gasteiger partial charge in [0.25, 0.3) is 0 Å². The molecule has 0 saturated heterocycles. The first-order valence-corrected chi connectivity index (χ1v) is 8.07. The predicted molar refractivity (Wildman–Crippen MR) is 85.0 cm³/mol. The molecular weight excluding hydrogens is 338 g/mol. The molecule has 1 nitrogen and oxygen atoms in total. The lowest BCUT2D eigenvalue weighted by molar-refractivity contribution is -0.0172. The van der Waals surface area contributed by atoms with Crippen LogP contribution in [0.4, 0.5) is 8.78 Å². The van der Waals surface area contributed by atoms with Crippen LogP contribution in [-0.2, 0) is 0 Å². The highest BCUT2D eigenvalue weighted by Gasteiger charge is 2.46. The van der Waals surface area contributed by atoms with Gasteiger partial charge in [-0.15, -0.1) is 6.42 Å². The van der Waals surface area contributed by atoms with E-state index in [0.29, 0.717) is 6.42 Å². The molecule has 0 radical (unpaired) electrons. The zero-order chi connectivity index (χ0) is 15.9. The highest BCUT2D eigenvalue weighted by Crippen LogP contribution is 2.32. The second-order valence-corrected chi connectivity index (χ2v) is 5.87. The Kier molecular flexibility index (Phi) is 7.04. The maximum Gasteiger partial charge on any atom is 0.323 e. The summed E-state index contributed by atoms with van der Waals surface area (Å²) in [6.07, 6.45) is 7.71. The average Bonchev–Trinajstić information content (AvgIpc) is 2.47. The number of aryl methyl sites for hydroxylation is 1. The van der Waals surface area contributed by atoms with E-state index >= 15 is 0 Å². The first kappa shape index (κ1) is 17.8. The van der Waals surface area contributed by atoms with E-state index in [1.165, 1.54) is 12.1 Å². The third kappa shape index (κ3) is 4.93. The molecule has 0 spiro atoms. The second-order valence-electron chi connectivity index (χ2n) is 5.08. The number of hydrogen-bond acceptors (Lipinski definition) is 1. The van der Waals surface area contributed by atoms with Crippen LogP contribution in [-0.4, -0.2) is 17.0 Å². The number of Topliss-reactive ketones (excluding diaryl/α,β-unsaturated/α-hetero) is 1. The van der Waals surface area contributed by atoms with Crippen LogP contribution in [0.2, 0.25) is 0 Å². The fourth-order valence-corrected chi connectivity index (χ4v) is 2.44. The fourth-order valence-electron chi connectivity index (χ4n) is 2.04. The number of terminal acetylenes is 1. The fraction of sp³-hybridized carbons (Fsp3) is 0.471. The van der Waals surface area contributed by atoms with Crippen molar-refractivity contribution < 1.29 is 13.6 Å². The van der Waals surface area contributed by atoms with E-state index in [4.69, 9.17) is 6.42 Å². The summed E-state index contributed by atoms with van der Waals surface area (Å²) in [4.78, 5) is 12.0. The topological polar surface area (TPSA) is 17.1 Å². The number of carbonyl (C=O) groups excluding carboxylic acids is 1. The molecule has 0 bridgehead atoms. The minimum atomic E-state index is -3.52. The van der Waals surface area contributed by atoms with Crippen LogP contribution in [0.1, 0.15) is 41.6 Å². The third-order valence-electron chi connectivity index (χ3n) is 3.38. The molecular formula is C17H19BrF2O. The summed E-state index contributed by atoms with van der Waals surface area (Å²) < 4.78 is 28.6. The Morgan fingerprint density at radius 1 is 1.29 bits per heavy atom. The van der Waals surface area contributed by atoms with Crippen LogP contribution >= 0.6 is 15.9 Å². The van der Waals surface area contributed by atoms with E-state index in [9.17, 15) is 13.6 Å². The Bertz CT molecular complexity index is 503. The molecule has 0 amide bonds. The molecule has 0 aromatic heterocycles. The number of alkyl halides is 3. The highest BCUT2D eigenvalue weighted by molar-refractivity contribution is 9.09. The Balaban J connectivity index is 2.78. The Labute approximate surface area is 133 Å². The Morgan fingerprint density at radius 3 is 2.43 bits per heavy atom. The molecule has 1 aromatic rings. The summed E-state index contributed by atoms with van der Waals surface area (Å²) in [5, 5.41) is 0.840. The van der Waals surface area contributed by atoms with Gasteiger partial charge in [-0.2, -0.15) is 8.78 Å². The molecule has 0 aliphatic rings. The van der Waals surface area contributed by atoms with Gasteiger partial charge in [0, 0.05) is 10.9 Å².